The number of rotatable bonds is 3. The van der Waals surface area contributed by atoms with Gasteiger partial charge in [0.05, 0.1) is 23.7 Å². The Morgan fingerprint density at radius 2 is 2.09 bits per heavy atom. The molecule has 6 rings (SSSR count). The third-order valence-electron chi connectivity index (χ3n) is 8.24. The van der Waals surface area contributed by atoms with Crippen LogP contribution in [0.5, 0.6) is 0 Å². The zero-order valence-electron chi connectivity index (χ0n) is 19.2. The first kappa shape index (κ1) is 22.8. The summed E-state index contributed by atoms with van der Waals surface area (Å²) in [7, 11) is 0. The molecule has 1 aliphatic carbocycles. The second-order valence-corrected chi connectivity index (χ2v) is 11.7. The monoisotopic (exact) mass is 501 g/mol. The average molecular weight is 502 g/mol. The molecule has 2 aromatic heterocycles. The van der Waals surface area contributed by atoms with Crippen molar-refractivity contribution in [3.63, 3.8) is 0 Å². The fraction of sp³-hybridized carbons (Fsp3) is 0.560. The minimum Gasteiger partial charge on any atom is -0.369 e. The summed E-state index contributed by atoms with van der Waals surface area (Å²) in [5.74, 6) is 0.441. The molecule has 3 aliphatic heterocycles. The first-order chi connectivity index (χ1) is 16.6. The van der Waals surface area contributed by atoms with Gasteiger partial charge in [-0.1, -0.05) is 12.2 Å². The van der Waals surface area contributed by atoms with E-state index in [0.29, 0.717) is 40.6 Å². The molecule has 4 aliphatic rings. The number of nitrogens with one attached hydrogen (secondary N) is 1. The molecule has 0 unspecified atom stereocenters. The summed E-state index contributed by atoms with van der Waals surface area (Å²) in [6.45, 7) is 7.03. The van der Waals surface area contributed by atoms with Gasteiger partial charge in [0.15, 0.2) is 0 Å². The zero-order chi connectivity index (χ0) is 24.5. The lowest BCUT2D eigenvalue weighted by molar-refractivity contribution is -0.136. The molecule has 0 aromatic carbocycles. The van der Waals surface area contributed by atoms with Crippen molar-refractivity contribution in [2.24, 2.45) is 11.3 Å². The summed E-state index contributed by atoms with van der Waals surface area (Å²) in [5.41, 5.74) is 2.34. The Kier molecular flexibility index (Phi) is 5.17. The number of piperidine rings is 2. The quantitative estimate of drug-likeness (QED) is 0.644. The van der Waals surface area contributed by atoms with Gasteiger partial charge in [-0.05, 0) is 31.7 Å². The van der Waals surface area contributed by atoms with Crippen molar-refractivity contribution in [2.75, 3.05) is 31.1 Å². The molecule has 2 bridgehead atoms. The highest BCUT2D eigenvalue weighted by Gasteiger charge is 2.50. The number of pyridine rings is 1. The van der Waals surface area contributed by atoms with Gasteiger partial charge in [-0.15, -0.1) is 11.3 Å². The molecule has 184 valence electrons. The van der Waals surface area contributed by atoms with Crippen molar-refractivity contribution in [3.8, 4) is 6.07 Å². The number of fused-ring (bicyclic) bond motifs is 3. The SMILES string of the molecule is C=C1C[C@@H]2C[C@H]1[C@@H](C(=O)N1CCC3(CC1)CN(c1c(C#N)cnc4sc(CC(F)(F)F)cc14)C3)N2. The fourth-order valence-corrected chi connectivity index (χ4v) is 7.54. The average Bonchev–Trinajstić information content (AvgIpc) is 3.48. The molecule has 1 saturated carbocycles. The predicted molar refractivity (Wildman–Crippen MR) is 127 cm³/mol. The standard InChI is InChI=1S/C25H26F3N5OS/c1-14-6-16-7-18(14)20(31-16)23(34)32-4-2-24(3-5-32)12-33(13-24)21-15(10-29)11-30-22-19(21)8-17(35-22)9-25(26,27)28/h8,11,16,18,20,31H,1-7,9,12-13H2/t16-,18-,20+/m1/s1. The van der Waals surface area contributed by atoms with Gasteiger partial charge in [-0.25, -0.2) is 4.98 Å². The predicted octanol–water partition coefficient (Wildman–Crippen LogP) is 4.01. The molecule has 10 heteroatoms. The molecule has 1 N–H and O–H groups in total. The first-order valence-electron chi connectivity index (χ1n) is 12.0. The number of nitrogens with zero attached hydrogens (tertiary/aromatic N) is 4. The van der Waals surface area contributed by atoms with Crippen LogP contribution in [0.25, 0.3) is 10.2 Å². The Bertz CT molecular complexity index is 1250. The van der Waals surface area contributed by atoms with E-state index in [1.807, 2.05) is 4.90 Å². The molecule has 1 spiro atoms. The Morgan fingerprint density at radius 3 is 2.71 bits per heavy atom. The van der Waals surface area contributed by atoms with E-state index in [9.17, 15) is 23.2 Å². The maximum absolute atomic E-state index is 13.2. The van der Waals surface area contributed by atoms with Crippen molar-refractivity contribution in [1.82, 2.24) is 15.2 Å². The second-order valence-electron chi connectivity index (χ2n) is 10.6. The van der Waals surface area contributed by atoms with Gasteiger partial charge < -0.3 is 15.1 Å². The molecule has 3 saturated heterocycles. The topological polar surface area (TPSA) is 72.3 Å². The van der Waals surface area contributed by atoms with Gasteiger partial charge in [-0.2, -0.15) is 18.4 Å². The lowest BCUT2D eigenvalue weighted by Gasteiger charge is -2.55. The van der Waals surface area contributed by atoms with E-state index < -0.39 is 12.6 Å². The molecule has 35 heavy (non-hydrogen) atoms. The number of carbonyl (C=O) groups is 1. The van der Waals surface area contributed by atoms with E-state index in [1.54, 1.807) is 6.07 Å². The van der Waals surface area contributed by atoms with E-state index in [1.165, 1.54) is 11.8 Å². The van der Waals surface area contributed by atoms with Crippen LogP contribution in [0.15, 0.2) is 24.4 Å². The van der Waals surface area contributed by atoms with Crippen LogP contribution in [0, 0.1) is 22.7 Å². The summed E-state index contributed by atoms with van der Waals surface area (Å²) < 4.78 is 38.8. The van der Waals surface area contributed by atoms with Crippen LogP contribution in [0.3, 0.4) is 0 Å². The number of amides is 1. The lowest BCUT2D eigenvalue weighted by atomic mass is 9.71. The van der Waals surface area contributed by atoms with Crippen molar-refractivity contribution >= 4 is 33.1 Å². The smallest absolute Gasteiger partial charge is 0.369 e. The van der Waals surface area contributed by atoms with Crippen molar-refractivity contribution in [2.45, 2.75) is 50.4 Å². The number of anilines is 1. The largest absolute Gasteiger partial charge is 0.393 e. The minimum absolute atomic E-state index is 0.0651. The van der Waals surface area contributed by atoms with Crippen LogP contribution < -0.4 is 10.2 Å². The zero-order valence-corrected chi connectivity index (χ0v) is 20.0. The molecule has 3 atom stereocenters. The van der Waals surface area contributed by atoms with Crippen LogP contribution in [0.4, 0.5) is 18.9 Å². The highest BCUT2D eigenvalue weighted by atomic mass is 32.1. The number of nitriles is 1. The number of halogens is 3. The third-order valence-corrected chi connectivity index (χ3v) is 9.28. The number of likely N-dealkylation sites (tertiary alicyclic amines) is 1. The summed E-state index contributed by atoms with van der Waals surface area (Å²) in [4.78, 5) is 22.2. The first-order valence-corrected chi connectivity index (χ1v) is 12.8. The van der Waals surface area contributed by atoms with Crippen LogP contribution in [-0.4, -0.2) is 60.2 Å². The molecule has 2 aromatic rings. The van der Waals surface area contributed by atoms with Crippen LogP contribution >= 0.6 is 11.3 Å². The summed E-state index contributed by atoms with van der Waals surface area (Å²) in [6, 6.07) is 3.96. The maximum Gasteiger partial charge on any atom is 0.393 e. The highest BCUT2D eigenvalue weighted by Crippen LogP contribution is 2.47. The van der Waals surface area contributed by atoms with E-state index in [0.717, 1.165) is 50.1 Å². The van der Waals surface area contributed by atoms with Crippen LogP contribution in [0.1, 0.15) is 36.1 Å². The molecular formula is C25H26F3N5OS. The normalized spacial score (nSPS) is 27.5. The Balaban J connectivity index is 1.14. The van der Waals surface area contributed by atoms with Gasteiger partial charge in [0.2, 0.25) is 5.91 Å². The van der Waals surface area contributed by atoms with Gasteiger partial charge in [0.25, 0.3) is 0 Å². The Morgan fingerprint density at radius 1 is 1.34 bits per heavy atom. The van der Waals surface area contributed by atoms with E-state index >= 15 is 0 Å². The van der Waals surface area contributed by atoms with Crippen LogP contribution in [-0.2, 0) is 11.2 Å². The van der Waals surface area contributed by atoms with Gasteiger partial charge in [0, 0.05) is 60.0 Å². The number of hydrogen-bond acceptors (Lipinski definition) is 6. The van der Waals surface area contributed by atoms with Crippen molar-refractivity contribution in [3.05, 3.63) is 34.9 Å². The van der Waals surface area contributed by atoms with Crippen molar-refractivity contribution < 1.29 is 18.0 Å². The molecule has 6 nitrogen and oxygen atoms in total. The molecule has 1 amide bonds. The number of thiophene rings is 1. The molecular weight excluding hydrogens is 475 g/mol. The number of aromatic nitrogens is 1. The van der Waals surface area contributed by atoms with E-state index in [4.69, 9.17) is 0 Å². The number of alkyl halides is 3. The molecule has 5 heterocycles. The van der Waals surface area contributed by atoms with Gasteiger partial charge in [-0.3, -0.25) is 4.79 Å². The summed E-state index contributed by atoms with van der Waals surface area (Å²) in [5, 5.41) is 13.8. The number of carbonyl (C=O) groups excluding carboxylic acids is 1. The maximum atomic E-state index is 13.2. The van der Waals surface area contributed by atoms with E-state index in [2.05, 4.69) is 27.8 Å². The van der Waals surface area contributed by atoms with Crippen molar-refractivity contribution in [1.29, 1.82) is 5.26 Å². The number of hydrogen-bond donors (Lipinski definition) is 1. The lowest BCUT2D eigenvalue weighted by Crippen LogP contribution is -2.62. The van der Waals surface area contributed by atoms with Crippen LogP contribution in [0.2, 0.25) is 0 Å². The molecule has 4 fully saturated rings. The van der Waals surface area contributed by atoms with Gasteiger partial charge >= 0.3 is 6.18 Å². The molecule has 0 radical (unpaired) electrons. The summed E-state index contributed by atoms with van der Waals surface area (Å²) >= 11 is 1.03. The van der Waals surface area contributed by atoms with E-state index in [-0.39, 0.29) is 28.2 Å². The summed E-state index contributed by atoms with van der Waals surface area (Å²) in [6.07, 6.45) is -0.0563. The Labute approximate surface area is 205 Å². The third kappa shape index (κ3) is 3.89. The fourth-order valence-electron chi connectivity index (χ4n) is 6.51. The highest BCUT2D eigenvalue weighted by molar-refractivity contribution is 7.18. The Hall–Kier alpha value is -2.64. The second kappa shape index (κ2) is 7.93. The minimum atomic E-state index is -4.29. The van der Waals surface area contributed by atoms with Gasteiger partial charge in [0.1, 0.15) is 10.9 Å².